The third kappa shape index (κ3) is 6.66. The number of thioether (sulfide) groups is 1. The van der Waals surface area contributed by atoms with Crippen LogP contribution in [0.15, 0.2) is 150 Å². The van der Waals surface area contributed by atoms with Crippen LogP contribution >= 0.6 is 11.8 Å². The van der Waals surface area contributed by atoms with Crippen LogP contribution in [0, 0.1) is 5.92 Å². The Balaban J connectivity index is 1.27. The van der Waals surface area contributed by atoms with E-state index in [1.54, 1.807) is 0 Å². The minimum Gasteiger partial charge on any atom is -0.303 e. The van der Waals surface area contributed by atoms with Gasteiger partial charge in [-0.15, -0.1) is 0 Å². The van der Waals surface area contributed by atoms with E-state index < -0.39 is 5.54 Å². The number of hydrogen-bond acceptors (Lipinski definition) is 4. The van der Waals surface area contributed by atoms with Crippen molar-refractivity contribution in [3.63, 3.8) is 0 Å². The third-order valence-corrected chi connectivity index (χ3v) is 11.0. The van der Waals surface area contributed by atoms with Gasteiger partial charge in [-0.25, -0.2) is 4.90 Å². The number of nitrogens with zero attached hydrogens (tertiary/aromatic N) is 1. The Morgan fingerprint density at radius 2 is 1.18 bits per heavy atom. The highest BCUT2D eigenvalue weighted by molar-refractivity contribution is 8.18. The largest absolute Gasteiger partial charge is 0.303 e. The number of carbonyl (C=O) groups is 2. The Kier molecular flexibility index (Phi) is 9.92. The lowest BCUT2D eigenvalue weighted by atomic mass is 9.75. The number of amides is 2. The number of nitrogens with one attached hydrogen (secondary N) is 1. The van der Waals surface area contributed by atoms with E-state index in [0.29, 0.717) is 16.9 Å². The van der Waals surface area contributed by atoms with Crippen molar-refractivity contribution in [1.82, 2.24) is 10.2 Å². The molecule has 246 valence electrons. The van der Waals surface area contributed by atoms with E-state index in [4.69, 9.17) is 0 Å². The molecule has 5 heteroatoms. The van der Waals surface area contributed by atoms with E-state index in [2.05, 4.69) is 60.8 Å². The smallest absolute Gasteiger partial charge is 0.294 e. The summed E-state index contributed by atoms with van der Waals surface area (Å²) in [5.41, 5.74) is 4.63. The molecule has 1 saturated carbocycles. The highest BCUT2D eigenvalue weighted by Gasteiger charge is 2.52. The molecule has 7 rings (SSSR count). The molecule has 5 aromatic carbocycles. The Hall–Kier alpha value is -4.71. The molecule has 1 heterocycles. The molecular weight excluding hydrogens is 621 g/mol. The highest BCUT2D eigenvalue weighted by atomic mass is 32.2. The summed E-state index contributed by atoms with van der Waals surface area (Å²) in [6.07, 6.45) is 8.35. The standard InChI is InChI=1S/C44H42N2O2S/c1-32(34-19-7-2-8-20-34)45-41(35-21-9-3-10-22-35)36-23-17-18-33(30-36)31-40-42(47)46(43(48)49-40)44(37-24-11-4-12-25-37,38-26-13-5-14-27-38)39-28-15-6-16-29-39/h3-6,9-18,21-32,34,41,45H,2,7-8,19-20H2,1H3/t32-,41?/m1/s1. The average Bonchev–Trinajstić information content (AvgIpc) is 3.44. The van der Waals surface area contributed by atoms with Crippen molar-refractivity contribution in [2.45, 2.75) is 56.7 Å². The third-order valence-electron chi connectivity index (χ3n) is 10.2. The molecule has 2 atom stereocenters. The lowest BCUT2D eigenvalue weighted by molar-refractivity contribution is -0.125. The van der Waals surface area contributed by atoms with Crippen LogP contribution in [0.5, 0.6) is 0 Å². The summed E-state index contributed by atoms with van der Waals surface area (Å²) in [6.45, 7) is 2.32. The van der Waals surface area contributed by atoms with E-state index in [0.717, 1.165) is 39.6 Å². The molecule has 0 aromatic heterocycles. The van der Waals surface area contributed by atoms with Gasteiger partial charge >= 0.3 is 0 Å². The van der Waals surface area contributed by atoms with Gasteiger partial charge in [0.1, 0.15) is 5.54 Å². The van der Waals surface area contributed by atoms with Crippen LogP contribution in [0.4, 0.5) is 4.79 Å². The average molecular weight is 663 g/mol. The maximum absolute atomic E-state index is 14.7. The van der Waals surface area contributed by atoms with Gasteiger partial charge in [0.2, 0.25) is 0 Å². The van der Waals surface area contributed by atoms with Gasteiger partial charge in [-0.2, -0.15) is 0 Å². The number of hydrogen-bond donors (Lipinski definition) is 1. The number of rotatable bonds is 10. The minimum atomic E-state index is -1.15. The molecule has 1 unspecified atom stereocenters. The summed E-state index contributed by atoms with van der Waals surface area (Å²) in [6, 6.07) is 49.0. The van der Waals surface area contributed by atoms with Crippen molar-refractivity contribution in [2.75, 3.05) is 0 Å². The maximum atomic E-state index is 14.7. The second-order valence-electron chi connectivity index (χ2n) is 13.2. The van der Waals surface area contributed by atoms with Crippen LogP contribution in [-0.2, 0) is 10.3 Å². The predicted octanol–water partition coefficient (Wildman–Crippen LogP) is 10.4. The van der Waals surface area contributed by atoms with Crippen molar-refractivity contribution in [3.05, 3.63) is 184 Å². The van der Waals surface area contributed by atoms with E-state index >= 15 is 0 Å². The number of benzene rings is 5. The molecule has 2 fully saturated rings. The molecule has 1 aliphatic carbocycles. The van der Waals surface area contributed by atoms with Crippen molar-refractivity contribution in [3.8, 4) is 0 Å². The molecule has 0 radical (unpaired) electrons. The van der Waals surface area contributed by atoms with E-state index in [1.807, 2.05) is 103 Å². The normalized spacial score (nSPS) is 17.7. The zero-order valence-corrected chi connectivity index (χ0v) is 28.7. The van der Waals surface area contributed by atoms with E-state index in [-0.39, 0.29) is 17.2 Å². The second kappa shape index (κ2) is 14.8. The minimum absolute atomic E-state index is 0.00318. The van der Waals surface area contributed by atoms with Gasteiger partial charge in [-0.3, -0.25) is 9.59 Å². The van der Waals surface area contributed by atoms with Crippen LogP contribution in [0.2, 0.25) is 0 Å². The van der Waals surface area contributed by atoms with Crippen molar-refractivity contribution >= 4 is 29.0 Å². The fourth-order valence-corrected chi connectivity index (χ4v) is 8.60. The Morgan fingerprint density at radius 1 is 0.673 bits per heavy atom. The first-order valence-corrected chi connectivity index (χ1v) is 18.2. The van der Waals surface area contributed by atoms with Gasteiger partial charge in [-0.1, -0.05) is 159 Å². The van der Waals surface area contributed by atoms with Gasteiger partial charge in [0.05, 0.1) is 10.9 Å². The molecule has 4 nitrogen and oxygen atoms in total. The molecular formula is C44H42N2O2S. The van der Waals surface area contributed by atoms with Gasteiger partial charge < -0.3 is 5.32 Å². The van der Waals surface area contributed by atoms with Crippen molar-refractivity contribution in [1.29, 1.82) is 0 Å². The van der Waals surface area contributed by atoms with Crippen molar-refractivity contribution in [2.24, 2.45) is 5.92 Å². The fraction of sp³-hybridized carbons (Fsp3) is 0.227. The SMILES string of the molecule is C[C@@H](NC(c1ccccc1)c1cccc(C=C2SC(=O)N(C(c3ccccc3)(c3ccccc3)c3ccccc3)C2=O)c1)C1CCCCC1. The summed E-state index contributed by atoms with van der Waals surface area (Å²) >= 11 is 1.01. The quantitative estimate of drug-likeness (QED) is 0.119. The Morgan fingerprint density at radius 3 is 1.73 bits per heavy atom. The zero-order chi connectivity index (χ0) is 33.6. The van der Waals surface area contributed by atoms with E-state index in [1.165, 1.54) is 42.6 Å². The topological polar surface area (TPSA) is 49.4 Å². The molecule has 2 amide bonds. The van der Waals surface area contributed by atoms with E-state index in [9.17, 15) is 9.59 Å². The molecule has 0 spiro atoms. The number of carbonyl (C=O) groups excluding carboxylic acids is 2. The van der Waals surface area contributed by atoms with Crippen molar-refractivity contribution < 1.29 is 9.59 Å². The zero-order valence-electron chi connectivity index (χ0n) is 27.9. The van der Waals surface area contributed by atoms with Gasteiger partial charge in [0.15, 0.2) is 0 Å². The molecule has 1 aliphatic heterocycles. The first-order chi connectivity index (χ1) is 24.1. The monoisotopic (exact) mass is 662 g/mol. The van der Waals surface area contributed by atoms with Crippen LogP contribution in [0.25, 0.3) is 6.08 Å². The van der Waals surface area contributed by atoms with Crippen LogP contribution < -0.4 is 5.32 Å². The number of imide groups is 1. The second-order valence-corrected chi connectivity index (χ2v) is 14.2. The summed E-state index contributed by atoms with van der Waals surface area (Å²) < 4.78 is 0. The Bertz CT molecular complexity index is 1810. The highest BCUT2D eigenvalue weighted by Crippen LogP contribution is 2.48. The van der Waals surface area contributed by atoms with Gasteiger partial charge in [0.25, 0.3) is 11.1 Å². The lowest BCUT2D eigenvalue weighted by Gasteiger charge is -2.41. The Labute approximate surface area is 294 Å². The molecule has 0 bridgehead atoms. The molecule has 1 saturated heterocycles. The van der Waals surface area contributed by atoms with Crippen LogP contribution in [0.3, 0.4) is 0 Å². The first-order valence-electron chi connectivity index (χ1n) is 17.4. The fourth-order valence-electron chi connectivity index (χ4n) is 7.73. The molecule has 2 aliphatic rings. The summed E-state index contributed by atoms with van der Waals surface area (Å²) in [7, 11) is 0. The van der Waals surface area contributed by atoms with Gasteiger partial charge in [0, 0.05) is 6.04 Å². The summed E-state index contributed by atoms with van der Waals surface area (Å²) in [5.74, 6) is 0.356. The molecule has 5 aromatic rings. The molecule has 1 N–H and O–H groups in total. The first kappa shape index (κ1) is 32.8. The lowest BCUT2D eigenvalue weighted by Crippen LogP contribution is -2.50. The summed E-state index contributed by atoms with van der Waals surface area (Å²) in [4.78, 5) is 30.7. The summed E-state index contributed by atoms with van der Waals surface area (Å²) in [5, 5.41) is 3.69. The van der Waals surface area contributed by atoms with Crippen LogP contribution in [-0.4, -0.2) is 22.1 Å². The molecule has 49 heavy (non-hydrogen) atoms. The maximum Gasteiger partial charge on any atom is 0.294 e. The van der Waals surface area contributed by atoms with Gasteiger partial charge in [-0.05, 0) is 83.0 Å². The predicted molar refractivity (Wildman–Crippen MR) is 201 cm³/mol. The van der Waals surface area contributed by atoms with Crippen LogP contribution in [0.1, 0.15) is 78.5 Å².